The molecule has 1 amide bonds. The van der Waals surface area contributed by atoms with Crippen molar-refractivity contribution in [1.29, 1.82) is 0 Å². The Morgan fingerprint density at radius 2 is 2.10 bits per heavy atom. The van der Waals surface area contributed by atoms with E-state index in [2.05, 4.69) is 21.2 Å². The first-order chi connectivity index (χ1) is 10.2. The Balaban J connectivity index is 1.64. The molecule has 0 unspecified atom stereocenters. The van der Waals surface area contributed by atoms with Crippen molar-refractivity contribution < 1.29 is 13.9 Å². The molecule has 0 aliphatic heterocycles. The summed E-state index contributed by atoms with van der Waals surface area (Å²) < 4.78 is 20.0. The van der Waals surface area contributed by atoms with E-state index in [-0.39, 0.29) is 11.5 Å². The van der Waals surface area contributed by atoms with E-state index < -0.39 is 5.82 Å². The average Bonchev–Trinajstić information content (AvgIpc) is 2.47. The van der Waals surface area contributed by atoms with Gasteiger partial charge in [-0.15, -0.1) is 0 Å². The van der Waals surface area contributed by atoms with Gasteiger partial charge in [0.15, 0.2) is 0 Å². The largest absolute Gasteiger partial charge is 0.378 e. The average molecular weight is 358 g/mol. The summed E-state index contributed by atoms with van der Waals surface area (Å²) >= 11 is 3.17. The Morgan fingerprint density at radius 3 is 2.81 bits per heavy atom. The Kier molecular flexibility index (Phi) is 6.64. The van der Waals surface area contributed by atoms with Gasteiger partial charge >= 0.3 is 0 Å². The first-order valence-corrected chi connectivity index (χ1v) is 8.31. The molecule has 1 N–H and O–H groups in total. The van der Waals surface area contributed by atoms with Gasteiger partial charge in [0.05, 0.1) is 11.7 Å². The van der Waals surface area contributed by atoms with Crippen LogP contribution in [0.3, 0.4) is 0 Å². The molecule has 1 saturated carbocycles. The van der Waals surface area contributed by atoms with Crippen LogP contribution in [0.5, 0.6) is 0 Å². The minimum absolute atomic E-state index is 0.0754. The molecule has 1 aliphatic carbocycles. The molecule has 1 fully saturated rings. The fraction of sp³-hybridized carbons (Fsp3) is 0.562. The van der Waals surface area contributed by atoms with E-state index in [0.717, 1.165) is 19.3 Å². The molecule has 0 radical (unpaired) electrons. The summed E-state index contributed by atoms with van der Waals surface area (Å²) in [6, 6.07) is 4.43. The SMILES string of the molecule is O=C(NCCCOC1CCCCC1)c1ccc(Br)cc1F. The van der Waals surface area contributed by atoms with Gasteiger partial charge in [0.25, 0.3) is 5.91 Å². The topological polar surface area (TPSA) is 38.3 Å². The standard InChI is InChI=1S/C16H21BrFNO2/c17-12-7-8-14(15(18)11-12)16(20)19-9-4-10-21-13-5-2-1-3-6-13/h7-8,11,13H,1-6,9-10H2,(H,19,20). The van der Waals surface area contributed by atoms with Crippen LogP contribution in [0, 0.1) is 5.82 Å². The molecule has 0 spiro atoms. The van der Waals surface area contributed by atoms with E-state index in [4.69, 9.17) is 4.74 Å². The number of rotatable bonds is 6. The van der Waals surface area contributed by atoms with E-state index in [1.54, 1.807) is 6.07 Å². The molecule has 1 aliphatic rings. The zero-order valence-electron chi connectivity index (χ0n) is 12.0. The number of halogens is 2. The second-order valence-corrected chi connectivity index (χ2v) is 6.28. The van der Waals surface area contributed by atoms with Crippen LogP contribution < -0.4 is 5.32 Å². The van der Waals surface area contributed by atoms with Gasteiger partial charge in [-0.25, -0.2) is 4.39 Å². The first kappa shape index (κ1) is 16.4. The molecule has 0 saturated heterocycles. The van der Waals surface area contributed by atoms with Gasteiger partial charge in [-0.2, -0.15) is 0 Å². The van der Waals surface area contributed by atoms with Crippen LogP contribution in [-0.2, 0) is 4.74 Å². The number of carbonyl (C=O) groups excluding carboxylic acids is 1. The third-order valence-corrected chi connectivity index (χ3v) is 4.18. The minimum atomic E-state index is -0.514. The number of benzene rings is 1. The lowest BCUT2D eigenvalue weighted by molar-refractivity contribution is 0.0273. The molecule has 1 aromatic carbocycles. The van der Waals surface area contributed by atoms with Crippen molar-refractivity contribution in [3.8, 4) is 0 Å². The molecule has 0 heterocycles. The van der Waals surface area contributed by atoms with E-state index in [1.165, 1.54) is 31.4 Å². The van der Waals surface area contributed by atoms with E-state index in [0.29, 0.717) is 23.7 Å². The summed E-state index contributed by atoms with van der Waals surface area (Å²) in [7, 11) is 0. The molecule has 3 nitrogen and oxygen atoms in total. The third kappa shape index (κ3) is 5.40. The lowest BCUT2D eigenvalue weighted by Crippen LogP contribution is -2.27. The van der Waals surface area contributed by atoms with Gasteiger partial charge in [-0.05, 0) is 37.5 Å². The lowest BCUT2D eigenvalue weighted by atomic mass is 9.98. The summed E-state index contributed by atoms with van der Waals surface area (Å²) in [5, 5.41) is 2.72. The normalized spacial score (nSPS) is 15.9. The van der Waals surface area contributed by atoms with Crippen molar-refractivity contribution >= 4 is 21.8 Å². The second kappa shape index (κ2) is 8.49. The Morgan fingerprint density at radius 1 is 1.33 bits per heavy atom. The van der Waals surface area contributed by atoms with Crippen LogP contribution in [0.2, 0.25) is 0 Å². The molecule has 2 rings (SSSR count). The molecule has 0 bridgehead atoms. The molecule has 0 atom stereocenters. The molecular weight excluding hydrogens is 337 g/mol. The maximum Gasteiger partial charge on any atom is 0.254 e. The predicted molar refractivity (Wildman–Crippen MR) is 83.9 cm³/mol. The van der Waals surface area contributed by atoms with Crippen LogP contribution >= 0.6 is 15.9 Å². The lowest BCUT2D eigenvalue weighted by Gasteiger charge is -2.21. The minimum Gasteiger partial charge on any atom is -0.378 e. The van der Waals surface area contributed by atoms with Gasteiger partial charge in [0, 0.05) is 17.6 Å². The van der Waals surface area contributed by atoms with Crippen molar-refractivity contribution in [2.75, 3.05) is 13.2 Å². The smallest absolute Gasteiger partial charge is 0.254 e. The van der Waals surface area contributed by atoms with Crippen molar-refractivity contribution in [3.63, 3.8) is 0 Å². The van der Waals surface area contributed by atoms with Gasteiger partial charge in [-0.3, -0.25) is 4.79 Å². The summed E-state index contributed by atoms with van der Waals surface area (Å²) in [5.74, 6) is -0.891. The highest BCUT2D eigenvalue weighted by atomic mass is 79.9. The maximum atomic E-state index is 13.6. The molecule has 5 heteroatoms. The maximum absolute atomic E-state index is 13.6. The quantitative estimate of drug-likeness (QED) is 0.779. The van der Waals surface area contributed by atoms with Crippen LogP contribution in [-0.4, -0.2) is 25.2 Å². The first-order valence-electron chi connectivity index (χ1n) is 7.51. The Labute approximate surface area is 133 Å². The monoisotopic (exact) mass is 357 g/mol. The molecule has 0 aromatic heterocycles. The number of amides is 1. The zero-order chi connectivity index (χ0) is 15.1. The van der Waals surface area contributed by atoms with E-state index >= 15 is 0 Å². The molecule has 116 valence electrons. The van der Waals surface area contributed by atoms with Crippen molar-refractivity contribution in [2.45, 2.75) is 44.6 Å². The fourth-order valence-corrected chi connectivity index (χ4v) is 2.86. The van der Waals surface area contributed by atoms with Crippen LogP contribution in [0.1, 0.15) is 48.9 Å². The van der Waals surface area contributed by atoms with Crippen LogP contribution in [0.4, 0.5) is 4.39 Å². The van der Waals surface area contributed by atoms with Crippen molar-refractivity contribution in [3.05, 3.63) is 34.1 Å². The number of nitrogens with one attached hydrogen (secondary N) is 1. The van der Waals surface area contributed by atoms with Gasteiger partial charge in [-0.1, -0.05) is 35.2 Å². The summed E-state index contributed by atoms with van der Waals surface area (Å²) in [5.41, 5.74) is 0.0754. The van der Waals surface area contributed by atoms with E-state index in [9.17, 15) is 9.18 Å². The Bertz CT molecular complexity index is 475. The third-order valence-electron chi connectivity index (χ3n) is 3.69. The van der Waals surface area contributed by atoms with E-state index in [1.807, 2.05) is 0 Å². The zero-order valence-corrected chi connectivity index (χ0v) is 13.6. The summed E-state index contributed by atoms with van der Waals surface area (Å²) in [6.07, 6.45) is 7.26. The van der Waals surface area contributed by atoms with Gasteiger partial charge in [0.2, 0.25) is 0 Å². The van der Waals surface area contributed by atoms with Gasteiger partial charge < -0.3 is 10.1 Å². The molecule has 21 heavy (non-hydrogen) atoms. The van der Waals surface area contributed by atoms with Crippen molar-refractivity contribution in [2.24, 2.45) is 0 Å². The second-order valence-electron chi connectivity index (χ2n) is 5.36. The highest BCUT2D eigenvalue weighted by Crippen LogP contribution is 2.20. The summed E-state index contributed by atoms with van der Waals surface area (Å²) in [4.78, 5) is 11.8. The van der Waals surface area contributed by atoms with Gasteiger partial charge in [0.1, 0.15) is 5.82 Å². The van der Waals surface area contributed by atoms with Crippen LogP contribution in [0.25, 0.3) is 0 Å². The highest BCUT2D eigenvalue weighted by molar-refractivity contribution is 9.10. The molecule has 1 aromatic rings. The Hall–Kier alpha value is -0.940. The fourth-order valence-electron chi connectivity index (χ4n) is 2.52. The van der Waals surface area contributed by atoms with Crippen LogP contribution in [0.15, 0.2) is 22.7 Å². The molecular formula is C16H21BrFNO2. The number of hydrogen-bond donors (Lipinski definition) is 1. The number of ether oxygens (including phenoxy) is 1. The summed E-state index contributed by atoms with van der Waals surface area (Å²) in [6.45, 7) is 1.15. The van der Waals surface area contributed by atoms with Crippen molar-refractivity contribution in [1.82, 2.24) is 5.32 Å². The predicted octanol–water partition coefficient (Wildman–Crippen LogP) is 4.06. The highest BCUT2D eigenvalue weighted by Gasteiger charge is 2.14. The number of carbonyl (C=O) groups is 1. The number of hydrogen-bond acceptors (Lipinski definition) is 2.